The minimum Gasteiger partial charge on any atom is -0.417 e. The van der Waals surface area contributed by atoms with E-state index in [1.807, 2.05) is 24.3 Å². The number of nitrogens with one attached hydrogen (secondary N) is 1. The molecule has 0 radical (unpaired) electrons. The number of ether oxygens (including phenoxy) is 2. The average molecular weight is 304 g/mol. The fraction of sp³-hybridized carbons (Fsp3) is 0.500. The summed E-state index contributed by atoms with van der Waals surface area (Å²) in [5.74, 6) is 0.0645. The topological polar surface area (TPSA) is 82.9 Å². The second kappa shape index (κ2) is 6.06. The van der Waals surface area contributed by atoms with Gasteiger partial charge in [0.15, 0.2) is 0 Å². The summed E-state index contributed by atoms with van der Waals surface area (Å²) in [5.41, 5.74) is 2.39. The Balaban J connectivity index is 1.73. The first-order valence-corrected chi connectivity index (χ1v) is 7.44. The molecule has 1 aliphatic heterocycles. The lowest BCUT2D eigenvalue weighted by Gasteiger charge is -2.27. The van der Waals surface area contributed by atoms with Gasteiger partial charge in [-0.05, 0) is 30.5 Å². The fourth-order valence-corrected chi connectivity index (χ4v) is 3.06. The van der Waals surface area contributed by atoms with Gasteiger partial charge in [-0.25, -0.2) is 4.79 Å². The second-order valence-corrected chi connectivity index (χ2v) is 5.76. The van der Waals surface area contributed by atoms with E-state index in [9.17, 15) is 9.90 Å². The van der Waals surface area contributed by atoms with Crippen LogP contribution in [0.1, 0.15) is 30.7 Å². The number of carbonyl (C=O) groups excluding carboxylic acids is 1. The molecule has 6 heteroatoms. The molecule has 3 rings (SSSR count). The van der Waals surface area contributed by atoms with Crippen molar-refractivity contribution in [1.82, 2.24) is 0 Å². The van der Waals surface area contributed by atoms with E-state index in [4.69, 9.17) is 14.9 Å². The van der Waals surface area contributed by atoms with Crippen LogP contribution >= 0.6 is 0 Å². The summed E-state index contributed by atoms with van der Waals surface area (Å²) in [5, 5.41) is 17.7. The SMILES string of the molecule is COC1CN(c2ccc(C3CCC(O)CC3=N)cc2)C(=O)O1. The maximum atomic E-state index is 11.8. The van der Waals surface area contributed by atoms with Gasteiger partial charge in [0, 0.05) is 30.8 Å². The van der Waals surface area contributed by atoms with Gasteiger partial charge in [0.25, 0.3) is 0 Å². The molecule has 0 spiro atoms. The standard InChI is InChI=1S/C16H20N2O4/c1-21-15-9-18(16(20)22-15)11-4-2-10(3-5-11)13-7-6-12(19)8-14(13)17/h2-5,12-13,15,17,19H,6-9H2,1H3. The average Bonchev–Trinajstić information content (AvgIpc) is 2.89. The molecule has 1 saturated heterocycles. The first-order valence-electron chi connectivity index (χ1n) is 7.44. The molecule has 1 aromatic carbocycles. The molecule has 0 bridgehead atoms. The lowest BCUT2D eigenvalue weighted by Crippen LogP contribution is -2.26. The van der Waals surface area contributed by atoms with Crippen LogP contribution in [0.15, 0.2) is 24.3 Å². The molecule has 2 N–H and O–H groups in total. The van der Waals surface area contributed by atoms with Crippen LogP contribution in [0.25, 0.3) is 0 Å². The zero-order valence-electron chi connectivity index (χ0n) is 12.5. The third-order valence-electron chi connectivity index (χ3n) is 4.32. The Morgan fingerprint density at radius 3 is 2.64 bits per heavy atom. The van der Waals surface area contributed by atoms with Gasteiger partial charge in [0.1, 0.15) is 0 Å². The number of amides is 1. The number of anilines is 1. The van der Waals surface area contributed by atoms with E-state index in [1.165, 1.54) is 12.0 Å². The predicted molar refractivity (Wildman–Crippen MR) is 81.4 cm³/mol. The molecular weight excluding hydrogens is 284 g/mol. The third kappa shape index (κ3) is 2.84. The van der Waals surface area contributed by atoms with Crippen molar-refractivity contribution >= 4 is 17.5 Å². The van der Waals surface area contributed by atoms with Crippen molar-refractivity contribution in [3.05, 3.63) is 29.8 Å². The molecule has 3 atom stereocenters. The molecule has 1 aliphatic carbocycles. The van der Waals surface area contributed by atoms with Crippen molar-refractivity contribution in [3.8, 4) is 0 Å². The Morgan fingerprint density at radius 1 is 1.32 bits per heavy atom. The summed E-state index contributed by atoms with van der Waals surface area (Å²) in [6.07, 6.45) is 0.640. The summed E-state index contributed by atoms with van der Waals surface area (Å²) in [6, 6.07) is 7.62. The van der Waals surface area contributed by atoms with Crippen LogP contribution in [-0.2, 0) is 9.47 Å². The molecule has 2 fully saturated rings. The Hall–Kier alpha value is -1.92. The van der Waals surface area contributed by atoms with E-state index in [1.54, 1.807) is 0 Å². The number of methoxy groups -OCH3 is 1. The van der Waals surface area contributed by atoms with Crippen LogP contribution in [-0.4, -0.2) is 43.0 Å². The lowest BCUT2D eigenvalue weighted by molar-refractivity contribution is -0.0488. The molecule has 22 heavy (non-hydrogen) atoms. The zero-order chi connectivity index (χ0) is 15.7. The summed E-state index contributed by atoms with van der Waals surface area (Å²) in [4.78, 5) is 13.3. The highest BCUT2D eigenvalue weighted by Crippen LogP contribution is 2.32. The van der Waals surface area contributed by atoms with Gasteiger partial charge in [-0.1, -0.05) is 12.1 Å². The molecule has 1 saturated carbocycles. The van der Waals surface area contributed by atoms with Gasteiger partial charge >= 0.3 is 6.09 Å². The predicted octanol–water partition coefficient (Wildman–Crippen LogP) is 2.26. The van der Waals surface area contributed by atoms with E-state index in [0.29, 0.717) is 18.7 Å². The summed E-state index contributed by atoms with van der Waals surface area (Å²) in [6.45, 7) is 0.375. The van der Waals surface area contributed by atoms with E-state index >= 15 is 0 Å². The number of rotatable bonds is 3. The van der Waals surface area contributed by atoms with E-state index in [2.05, 4.69) is 0 Å². The highest BCUT2D eigenvalue weighted by Gasteiger charge is 2.32. The number of carbonyl (C=O) groups is 1. The quantitative estimate of drug-likeness (QED) is 0.897. The molecule has 0 aromatic heterocycles. The van der Waals surface area contributed by atoms with Crippen molar-refractivity contribution < 1.29 is 19.4 Å². The highest BCUT2D eigenvalue weighted by molar-refractivity contribution is 5.91. The second-order valence-electron chi connectivity index (χ2n) is 5.76. The van der Waals surface area contributed by atoms with Gasteiger partial charge in [0.05, 0.1) is 12.6 Å². The number of aliphatic hydroxyl groups is 1. The first kappa shape index (κ1) is 15.0. The fourth-order valence-electron chi connectivity index (χ4n) is 3.06. The number of aliphatic hydroxyl groups excluding tert-OH is 1. The Labute approximate surface area is 129 Å². The van der Waals surface area contributed by atoms with Gasteiger partial charge in [-0.2, -0.15) is 0 Å². The van der Waals surface area contributed by atoms with Gasteiger partial charge in [-0.15, -0.1) is 0 Å². The Bertz CT molecular complexity index is 551. The molecule has 1 amide bonds. The summed E-state index contributed by atoms with van der Waals surface area (Å²) >= 11 is 0. The number of hydrogen-bond acceptors (Lipinski definition) is 5. The maximum Gasteiger partial charge on any atom is 0.416 e. The number of cyclic esters (lactones) is 1. The molecule has 3 unspecified atom stereocenters. The number of nitrogens with zero attached hydrogens (tertiary/aromatic N) is 1. The minimum atomic E-state index is -0.528. The largest absolute Gasteiger partial charge is 0.417 e. The van der Waals surface area contributed by atoms with Crippen molar-refractivity contribution in [2.24, 2.45) is 0 Å². The van der Waals surface area contributed by atoms with E-state index < -0.39 is 12.4 Å². The molecular formula is C16H20N2O4. The smallest absolute Gasteiger partial charge is 0.416 e. The zero-order valence-corrected chi connectivity index (χ0v) is 12.5. The van der Waals surface area contributed by atoms with E-state index in [0.717, 1.165) is 24.1 Å². The molecule has 1 aromatic rings. The summed E-state index contributed by atoms with van der Waals surface area (Å²) < 4.78 is 10.1. The van der Waals surface area contributed by atoms with Crippen LogP contribution in [0.4, 0.5) is 10.5 Å². The third-order valence-corrected chi connectivity index (χ3v) is 4.32. The van der Waals surface area contributed by atoms with Crippen molar-refractivity contribution in [2.45, 2.75) is 37.6 Å². The van der Waals surface area contributed by atoms with Gasteiger partial charge in [-0.3, -0.25) is 4.90 Å². The van der Waals surface area contributed by atoms with E-state index in [-0.39, 0.29) is 12.0 Å². The molecule has 118 valence electrons. The normalized spacial score (nSPS) is 28.8. The van der Waals surface area contributed by atoms with Crippen LogP contribution in [0.2, 0.25) is 0 Å². The van der Waals surface area contributed by atoms with Crippen LogP contribution in [0.5, 0.6) is 0 Å². The Kier molecular flexibility index (Phi) is 4.13. The van der Waals surface area contributed by atoms with Crippen molar-refractivity contribution in [1.29, 1.82) is 5.41 Å². The van der Waals surface area contributed by atoms with Gasteiger partial charge < -0.3 is 20.0 Å². The minimum absolute atomic E-state index is 0.0645. The van der Waals surface area contributed by atoms with Crippen LogP contribution < -0.4 is 4.90 Å². The Morgan fingerprint density at radius 2 is 2.05 bits per heavy atom. The van der Waals surface area contributed by atoms with Crippen LogP contribution in [0, 0.1) is 5.41 Å². The van der Waals surface area contributed by atoms with Crippen LogP contribution in [0.3, 0.4) is 0 Å². The first-order chi connectivity index (χ1) is 10.6. The van der Waals surface area contributed by atoms with Crippen molar-refractivity contribution in [3.63, 3.8) is 0 Å². The van der Waals surface area contributed by atoms with Gasteiger partial charge in [0.2, 0.25) is 6.29 Å². The monoisotopic (exact) mass is 304 g/mol. The highest BCUT2D eigenvalue weighted by atomic mass is 16.7. The molecule has 2 aliphatic rings. The summed E-state index contributed by atoms with van der Waals surface area (Å²) in [7, 11) is 1.51. The number of hydrogen-bond donors (Lipinski definition) is 2. The lowest BCUT2D eigenvalue weighted by atomic mass is 9.81. The maximum absolute atomic E-state index is 11.8. The molecule has 6 nitrogen and oxygen atoms in total. The van der Waals surface area contributed by atoms with Crippen molar-refractivity contribution in [2.75, 3.05) is 18.6 Å². The number of benzene rings is 1. The molecule has 1 heterocycles.